The van der Waals surface area contributed by atoms with Crippen molar-refractivity contribution in [3.63, 3.8) is 0 Å². The molecule has 1 aromatic rings. The van der Waals surface area contributed by atoms with E-state index < -0.39 is 0 Å². The minimum absolute atomic E-state index is 0.0695. The number of anilines is 1. The third-order valence-electron chi connectivity index (χ3n) is 2.92. The molecule has 1 heterocycles. The van der Waals surface area contributed by atoms with Gasteiger partial charge < -0.3 is 24.8 Å². The van der Waals surface area contributed by atoms with Crippen LogP contribution in [0.15, 0.2) is 10.6 Å². The van der Waals surface area contributed by atoms with Crippen molar-refractivity contribution in [2.24, 2.45) is 0 Å². The van der Waals surface area contributed by atoms with Gasteiger partial charge >= 0.3 is 6.03 Å². The molecule has 0 fully saturated rings. The summed E-state index contributed by atoms with van der Waals surface area (Å²) in [5.74, 6) is 0.608. The molecular formula is C16H28N4O4. The summed E-state index contributed by atoms with van der Waals surface area (Å²) in [7, 11) is 0. The number of nitrogens with one attached hydrogen (secondary N) is 2. The van der Waals surface area contributed by atoms with Crippen LogP contribution in [-0.2, 0) is 9.53 Å². The van der Waals surface area contributed by atoms with Crippen molar-refractivity contribution >= 4 is 17.8 Å². The predicted molar refractivity (Wildman–Crippen MR) is 90.8 cm³/mol. The molecule has 0 saturated carbocycles. The SMILES string of the molecule is CCOCCCN(CC(=O)Nc1cc(C)on1)C(=O)NC(C)(C)C. The smallest absolute Gasteiger partial charge is 0.318 e. The number of hydrogen-bond donors (Lipinski definition) is 2. The average molecular weight is 340 g/mol. The zero-order valence-corrected chi connectivity index (χ0v) is 15.1. The van der Waals surface area contributed by atoms with Gasteiger partial charge in [-0.2, -0.15) is 0 Å². The number of rotatable bonds is 8. The van der Waals surface area contributed by atoms with Crippen molar-refractivity contribution in [3.05, 3.63) is 11.8 Å². The van der Waals surface area contributed by atoms with Gasteiger partial charge in [0.15, 0.2) is 5.82 Å². The summed E-state index contributed by atoms with van der Waals surface area (Å²) < 4.78 is 10.2. The van der Waals surface area contributed by atoms with Crippen molar-refractivity contribution < 1.29 is 18.8 Å². The summed E-state index contributed by atoms with van der Waals surface area (Å²) in [6.07, 6.45) is 0.655. The standard InChI is InChI=1S/C16H28N4O4/c1-6-23-9-7-8-20(15(22)18-16(3,4)5)11-14(21)17-13-10-12(2)24-19-13/h10H,6-9,11H2,1-5H3,(H,18,22)(H,17,19,21). The first-order valence-corrected chi connectivity index (χ1v) is 8.09. The Balaban J connectivity index is 2.61. The van der Waals surface area contributed by atoms with E-state index in [4.69, 9.17) is 9.26 Å². The van der Waals surface area contributed by atoms with Crippen LogP contribution in [0.3, 0.4) is 0 Å². The first-order valence-electron chi connectivity index (χ1n) is 8.09. The van der Waals surface area contributed by atoms with Gasteiger partial charge in [0.05, 0.1) is 0 Å². The van der Waals surface area contributed by atoms with E-state index in [9.17, 15) is 9.59 Å². The van der Waals surface area contributed by atoms with E-state index in [2.05, 4.69) is 15.8 Å². The van der Waals surface area contributed by atoms with Gasteiger partial charge in [-0.25, -0.2) is 4.79 Å². The van der Waals surface area contributed by atoms with Gasteiger partial charge in [-0.1, -0.05) is 5.16 Å². The summed E-state index contributed by atoms with van der Waals surface area (Å²) in [6, 6.07) is 1.33. The van der Waals surface area contributed by atoms with Crippen LogP contribution in [0.1, 0.15) is 39.9 Å². The molecule has 3 amide bonds. The Labute approximate surface area is 142 Å². The molecule has 24 heavy (non-hydrogen) atoms. The van der Waals surface area contributed by atoms with E-state index in [1.807, 2.05) is 27.7 Å². The number of amides is 3. The number of aromatic nitrogens is 1. The van der Waals surface area contributed by atoms with Gasteiger partial charge in [-0.15, -0.1) is 0 Å². The van der Waals surface area contributed by atoms with Crippen LogP contribution in [0, 0.1) is 6.92 Å². The van der Waals surface area contributed by atoms with Crippen LogP contribution >= 0.6 is 0 Å². The number of urea groups is 1. The molecule has 0 spiro atoms. The van der Waals surface area contributed by atoms with Gasteiger partial charge in [0, 0.05) is 31.4 Å². The fourth-order valence-electron chi connectivity index (χ4n) is 1.94. The molecule has 0 atom stereocenters. The topological polar surface area (TPSA) is 96.7 Å². The first kappa shape index (κ1) is 20.0. The van der Waals surface area contributed by atoms with Gasteiger partial charge in [-0.3, -0.25) is 4.79 Å². The monoisotopic (exact) mass is 340 g/mol. The van der Waals surface area contributed by atoms with E-state index in [1.165, 1.54) is 4.90 Å². The maximum Gasteiger partial charge on any atom is 0.318 e. The Hall–Kier alpha value is -2.09. The second kappa shape index (κ2) is 9.27. The van der Waals surface area contributed by atoms with Crippen LogP contribution in [0.4, 0.5) is 10.6 Å². The Morgan fingerprint density at radius 2 is 2.08 bits per heavy atom. The van der Waals surface area contributed by atoms with E-state index in [0.29, 0.717) is 37.8 Å². The fourth-order valence-corrected chi connectivity index (χ4v) is 1.94. The predicted octanol–water partition coefficient (Wildman–Crippen LogP) is 2.16. The number of carbonyl (C=O) groups excluding carboxylic acids is 2. The lowest BCUT2D eigenvalue weighted by Gasteiger charge is -2.28. The van der Waals surface area contributed by atoms with E-state index in [0.717, 1.165) is 0 Å². The quantitative estimate of drug-likeness (QED) is 0.707. The van der Waals surface area contributed by atoms with Crippen molar-refractivity contribution in [2.75, 3.05) is 31.6 Å². The summed E-state index contributed by atoms with van der Waals surface area (Å²) in [5, 5.41) is 9.19. The minimum atomic E-state index is -0.380. The lowest BCUT2D eigenvalue weighted by molar-refractivity contribution is -0.116. The minimum Gasteiger partial charge on any atom is -0.382 e. The van der Waals surface area contributed by atoms with Gasteiger partial charge in [0.25, 0.3) is 0 Å². The molecule has 0 aliphatic rings. The highest BCUT2D eigenvalue weighted by Gasteiger charge is 2.22. The highest BCUT2D eigenvalue weighted by molar-refractivity contribution is 5.93. The Bertz CT molecular complexity index is 536. The molecule has 0 bridgehead atoms. The maximum atomic E-state index is 12.4. The molecule has 0 saturated heterocycles. The molecule has 0 aliphatic heterocycles. The molecule has 2 N–H and O–H groups in total. The number of aryl methyl sites for hydroxylation is 1. The zero-order valence-electron chi connectivity index (χ0n) is 15.1. The number of carbonyl (C=O) groups is 2. The van der Waals surface area contributed by atoms with Gasteiger partial charge in [0.2, 0.25) is 5.91 Å². The molecular weight excluding hydrogens is 312 g/mol. The first-order chi connectivity index (χ1) is 11.2. The van der Waals surface area contributed by atoms with E-state index >= 15 is 0 Å². The zero-order chi connectivity index (χ0) is 18.2. The normalized spacial score (nSPS) is 11.2. The molecule has 1 aromatic heterocycles. The highest BCUT2D eigenvalue weighted by atomic mass is 16.5. The molecule has 0 aromatic carbocycles. The van der Waals surface area contributed by atoms with Crippen LogP contribution in [0.5, 0.6) is 0 Å². The van der Waals surface area contributed by atoms with Gasteiger partial charge in [-0.05, 0) is 41.0 Å². The summed E-state index contributed by atoms with van der Waals surface area (Å²) in [4.78, 5) is 26.0. The summed E-state index contributed by atoms with van der Waals surface area (Å²) >= 11 is 0. The molecule has 136 valence electrons. The largest absolute Gasteiger partial charge is 0.382 e. The lowest BCUT2D eigenvalue weighted by atomic mass is 10.1. The lowest BCUT2D eigenvalue weighted by Crippen LogP contribution is -2.50. The third kappa shape index (κ3) is 7.96. The van der Waals surface area contributed by atoms with Crippen LogP contribution in [0.25, 0.3) is 0 Å². The maximum absolute atomic E-state index is 12.4. The molecule has 0 aliphatic carbocycles. The summed E-state index contributed by atoms with van der Waals surface area (Å²) in [5.41, 5.74) is -0.380. The van der Waals surface area contributed by atoms with Crippen LogP contribution in [-0.4, -0.2) is 53.8 Å². The highest BCUT2D eigenvalue weighted by Crippen LogP contribution is 2.07. The number of ether oxygens (including phenoxy) is 1. The average Bonchev–Trinajstić information content (AvgIpc) is 2.85. The molecule has 8 heteroatoms. The van der Waals surface area contributed by atoms with Crippen LogP contribution < -0.4 is 10.6 Å². The number of nitrogens with zero attached hydrogens (tertiary/aromatic N) is 2. The van der Waals surface area contributed by atoms with Crippen LogP contribution in [0.2, 0.25) is 0 Å². The second-order valence-corrected chi connectivity index (χ2v) is 6.52. The Morgan fingerprint density at radius 3 is 2.62 bits per heavy atom. The van der Waals surface area contributed by atoms with Crippen molar-refractivity contribution in [1.82, 2.24) is 15.4 Å². The fraction of sp³-hybridized carbons (Fsp3) is 0.688. The molecule has 8 nitrogen and oxygen atoms in total. The van der Waals surface area contributed by atoms with E-state index in [1.54, 1.807) is 13.0 Å². The van der Waals surface area contributed by atoms with E-state index in [-0.39, 0.29) is 24.0 Å². The third-order valence-corrected chi connectivity index (χ3v) is 2.92. The second-order valence-electron chi connectivity index (χ2n) is 6.52. The number of hydrogen-bond acceptors (Lipinski definition) is 5. The Morgan fingerprint density at radius 1 is 1.38 bits per heavy atom. The van der Waals surface area contributed by atoms with Gasteiger partial charge in [0.1, 0.15) is 12.3 Å². The molecule has 1 rings (SSSR count). The Kier molecular flexibility index (Phi) is 7.70. The molecule has 0 unspecified atom stereocenters. The summed E-state index contributed by atoms with van der Waals surface area (Å²) in [6.45, 7) is 10.8. The van der Waals surface area contributed by atoms with Crippen molar-refractivity contribution in [1.29, 1.82) is 0 Å². The van der Waals surface area contributed by atoms with Crippen molar-refractivity contribution in [3.8, 4) is 0 Å². The molecule has 0 radical (unpaired) electrons. The van der Waals surface area contributed by atoms with Crippen molar-refractivity contribution in [2.45, 2.75) is 46.6 Å².